The molecule has 0 radical (unpaired) electrons. The highest BCUT2D eigenvalue weighted by Gasteiger charge is 2.12. The Balaban J connectivity index is 1.40. The van der Waals surface area contributed by atoms with Gasteiger partial charge in [-0.2, -0.15) is 0 Å². The molecule has 0 unspecified atom stereocenters. The maximum absolute atomic E-state index is 11.9. The molecule has 1 N–H and O–H groups in total. The lowest BCUT2D eigenvalue weighted by molar-refractivity contribution is -0.119. The molecule has 0 spiro atoms. The van der Waals surface area contributed by atoms with Crippen LogP contribution in [0.4, 0.5) is 0 Å². The van der Waals surface area contributed by atoms with Crippen LogP contribution in [0.25, 0.3) is 21.7 Å². The molecule has 0 aliphatic rings. The van der Waals surface area contributed by atoms with E-state index in [1.807, 2.05) is 51.8 Å². The number of benzene rings is 3. The molecule has 0 aliphatic carbocycles. The normalized spacial score (nSPS) is 11.7. The molecular weight excluding hydrogens is 424 g/mol. The molecule has 0 fully saturated rings. The van der Waals surface area contributed by atoms with Crippen molar-refractivity contribution in [1.29, 1.82) is 0 Å². The minimum atomic E-state index is -3.54. The maximum atomic E-state index is 11.9. The van der Waals surface area contributed by atoms with Gasteiger partial charge in [0.15, 0.2) is 0 Å². The molecule has 4 aromatic rings. The summed E-state index contributed by atoms with van der Waals surface area (Å²) < 4.78 is 32.6. The van der Waals surface area contributed by atoms with E-state index < -0.39 is 15.9 Å². The molecule has 32 heavy (non-hydrogen) atoms. The zero-order valence-corrected chi connectivity index (χ0v) is 18.8. The quantitative estimate of drug-likeness (QED) is 0.386. The van der Waals surface area contributed by atoms with Crippen molar-refractivity contribution in [2.75, 3.05) is 12.9 Å². The van der Waals surface area contributed by atoms with E-state index in [4.69, 9.17) is 4.74 Å². The topological polar surface area (TPSA) is 77.4 Å². The minimum Gasteiger partial charge on any atom is -0.493 e. The Morgan fingerprint density at radius 1 is 0.969 bits per heavy atom. The molecular formula is C25H26N2O4S. The Morgan fingerprint density at radius 3 is 2.50 bits per heavy atom. The number of hydrogen-bond acceptors (Lipinski definition) is 4. The minimum absolute atomic E-state index is 0.0926. The monoisotopic (exact) mass is 450 g/mol. The van der Waals surface area contributed by atoms with Crippen molar-refractivity contribution in [2.45, 2.75) is 25.8 Å². The first kappa shape index (κ1) is 21.9. The van der Waals surface area contributed by atoms with E-state index in [0.717, 1.165) is 46.5 Å². The van der Waals surface area contributed by atoms with Gasteiger partial charge >= 0.3 is 0 Å². The number of ether oxygens (including phenoxy) is 1. The van der Waals surface area contributed by atoms with Gasteiger partial charge in [-0.1, -0.05) is 54.6 Å². The largest absolute Gasteiger partial charge is 0.493 e. The van der Waals surface area contributed by atoms with Crippen molar-refractivity contribution in [1.82, 2.24) is 9.29 Å². The van der Waals surface area contributed by atoms with Crippen molar-refractivity contribution in [3.8, 4) is 5.75 Å². The Kier molecular flexibility index (Phi) is 6.46. The number of carbonyl (C=O) groups is 1. The van der Waals surface area contributed by atoms with Crippen molar-refractivity contribution in [3.63, 3.8) is 0 Å². The molecule has 0 saturated carbocycles. The highest BCUT2D eigenvalue weighted by molar-refractivity contribution is 7.89. The zero-order chi connectivity index (χ0) is 22.6. The third kappa shape index (κ3) is 5.29. The summed E-state index contributed by atoms with van der Waals surface area (Å²) in [5.41, 5.74) is 2.22. The molecule has 6 nitrogen and oxygen atoms in total. The van der Waals surface area contributed by atoms with Crippen LogP contribution < -0.4 is 9.46 Å². The van der Waals surface area contributed by atoms with Crippen LogP contribution >= 0.6 is 0 Å². The number of hydrogen-bond donors (Lipinski definition) is 1. The Bertz CT molecular complexity index is 1350. The van der Waals surface area contributed by atoms with E-state index >= 15 is 0 Å². The van der Waals surface area contributed by atoms with Gasteiger partial charge in [0.05, 0.1) is 12.9 Å². The fourth-order valence-corrected chi connectivity index (χ4v) is 4.47. The lowest BCUT2D eigenvalue weighted by Gasteiger charge is -2.09. The van der Waals surface area contributed by atoms with Crippen LogP contribution in [0.5, 0.6) is 5.75 Å². The van der Waals surface area contributed by atoms with Crippen LogP contribution in [-0.2, 0) is 27.8 Å². The van der Waals surface area contributed by atoms with E-state index in [1.165, 1.54) is 5.56 Å². The molecule has 0 bridgehead atoms. The SMILES string of the molecule is CS(=O)(=O)NC(=O)CCn1cc(CCCOc2cccc3ccccc23)c2ccccc21. The molecule has 0 aliphatic heterocycles. The summed E-state index contributed by atoms with van der Waals surface area (Å²) in [5, 5.41) is 3.41. The van der Waals surface area contributed by atoms with Gasteiger partial charge in [0.25, 0.3) is 0 Å². The number of rotatable bonds is 9. The lowest BCUT2D eigenvalue weighted by atomic mass is 10.1. The average molecular weight is 451 g/mol. The van der Waals surface area contributed by atoms with Crippen molar-refractivity contribution in [3.05, 3.63) is 78.5 Å². The molecule has 1 heterocycles. The van der Waals surface area contributed by atoms with Gasteiger partial charge in [-0.05, 0) is 35.9 Å². The molecule has 4 rings (SSSR count). The number of sulfonamides is 1. The highest BCUT2D eigenvalue weighted by atomic mass is 32.2. The van der Waals surface area contributed by atoms with Gasteiger partial charge in [-0.25, -0.2) is 8.42 Å². The van der Waals surface area contributed by atoms with Crippen molar-refractivity contribution >= 4 is 37.6 Å². The van der Waals surface area contributed by atoms with E-state index in [-0.39, 0.29) is 6.42 Å². The third-order valence-corrected chi connectivity index (χ3v) is 5.95. The Labute approximate surface area is 187 Å². The summed E-state index contributed by atoms with van der Waals surface area (Å²) in [7, 11) is -3.54. The fraction of sp³-hybridized carbons (Fsp3) is 0.240. The zero-order valence-electron chi connectivity index (χ0n) is 18.0. The number of aryl methyl sites for hydroxylation is 2. The number of nitrogens with one attached hydrogen (secondary N) is 1. The van der Waals surface area contributed by atoms with E-state index in [9.17, 15) is 13.2 Å². The van der Waals surface area contributed by atoms with Gasteiger partial charge in [0.2, 0.25) is 15.9 Å². The smallest absolute Gasteiger partial charge is 0.235 e. The van der Waals surface area contributed by atoms with Gasteiger partial charge in [0.1, 0.15) is 5.75 Å². The van der Waals surface area contributed by atoms with Gasteiger partial charge in [0, 0.05) is 35.5 Å². The van der Waals surface area contributed by atoms with Crippen LogP contribution in [-0.4, -0.2) is 31.8 Å². The predicted molar refractivity (Wildman–Crippen MR) is 127 cm³/mol. The first-order valence-corrected chi connectivity index (χ1v) is 12.5. The standard InChI is InChI=1S/C25H26N2O4S/c1-32(29,30)26-25(28)15-16-27-18-20(21-11-4-5-13-23(21)27)10-7-17-31-24-14-6-9-19-8-2-3-12-22(19)24/h2-6,8-9,11-14,18H,7,10,15-17H2,1H3,(H,26,28). The fourth-order valence-electron chi connectivity index (χ4n) is 3.95. The second-order valence-electron chi connectivity index (χ2n) is 7.84. The molecule has 0 saturated heterocycles. The number of nitrogens with zero attached hydrogens (tertiary/aromatic N) is 1. The summed E-state index contributed by atoms with van der Waals surface area (Å²) in [4.78, 5) is 11.9. The Hall–Kier alpha value is -3.32. The third-order valence-electron chi connectivity index (χ3n) is 5.35. The number of fused-ring (bicyclic) bond motifs is 2. The van der Waals surface area contributed by atoms with E-state index in [2.05, 4.69) is 30.5 Å². The van der Waals surface area contributed by atoms with Crippen LogP contribution in [0.1, 0.15) is 18.4 Å². The van der Waals surface area contributed by atoms with Crippen LogP contribution in [0.3, 0.4) is 0 Å². The van der Waals surface area contributed by atoms with E-state index in [1.54, 1.807) is 0 Å². The number of amides is 1. The number of aromatic nitrogens is 1. The molecule has 7 heteroatoms. The summed E-state index contributed by atoms with van der Waals surface area (Å²) >= 11 is 0. The number of para-hydroxylation sites is 1. The predicted octanol–water partition coefficient (Wildman–Crippen LogP) is 4.27. The van der Waals surface area contributed by atoms with Crippen molar-refractivity contribution in [2.24, 2.45) is 0 Å². The second-order valence-corrected chi connectivity index (χ2v) is 9.59. The molecule has 1 aromatic heterocycles. The van der Waals surface area contributed by atoms with Gasteiger partial charge in [-0.15, -0.1) is 0 Å². The first-order valence-electron chi connectivity index (χ1n) is 10.6. The summed E-state index contributed by atoms with van der Waals surface area (Å²) in [6.45, 7) is 1.01. The summed E-state index contributed by atoms with van der Waals surface area (Å²) in [6, 6.07) is 22.3. The Morgan fingerprint density at radius 2 is 1.69 bits per heavy atom. The van der Waals surface area contributed by atoms with Crippen LogP contribution in [0.15, 0.2) is 72.9 Å². The summed E-state index contributed by atoms with van der Waals surface area (Å²) in [5.74, 6) is 0.387. The van der Waals surface area contributed by atoms with Crippen LogP contribution in [0.2, 0.25) is 0 Å². The van der Waals surface area contributed by atoms with E-state index in [0.29, 0.717) is 13.2 Å². The van der Waals surface area contributed by atoms with Crippen LogP contribution in [0, 0.1) is 0 Å². The highest BCUT2D eigenvalue weighted by Crippen LogP contribution is 2.26. The molecule has 166 valence electrons. The van der Waals surface area contributed by atoms with Gasteiger partial charge in [-0.3, -0.25) is 9.52 Å². The van der Waals surface area contributed by atoms with Gasteiger partial charge < -0.3 is 9.30 Å². The molecule has 1 amide bonds. The van der Waals surface area contributed by atoms with Crippen molar-refractivity contribution < 1.29 is 17.9 Å². The lowest BCUT2D eigenvalue weighted by Crippen LogP contribution is -2.29. The first-order chi connectivity index (χ1) is 15.4. The number of carbonyl (C=O) groups excluding carboxylic acids is 1. The summed E-state index contributed by atoms with van der Waals surface area (Å²) in [6.07, 6.45) is 4.82. The molecule has 3 aromatic carbocycles. The maximum Gasteiger partial charge on any atom is 0.235 e. The molecule has 0 atom stereocenters. The second kappa shape index (κ2) is 9.44. The average Bonchev–Trinajstić information content (AvgIpc) is 3.12.